The average Bonchev–Trinajstić information content (AvgIpc) is 2.84. The highest BCUT2D eigenvalue weighted by molar-refractivity contribution is 7.91. The monoisotopic (exact) mass is 290 g/mol. The van der Waals surface area contributed by atoms with Gasteiger partial charge in [0.25, 0.3) is 10.0 Å². The van der Waals surface area contributed by atoms with E-state index in [1.54, 1.807) is 13.8 Å². The van der Waals surface area contributed by atoms with Gasteiger partial charge in [0.1, 0.15) is 6.04 Å². The second-order valence-electron chi connectivity index (χ2n) is 4.22. The molecule has 18 heavy (non-hydrogen) atoms. The molecule has 1 N–H and O–H groups in total. The van der Waals surface area contributed by atoms with Crippen LogP contribution in [0.4, 0.5) is 0 Å². The molecular weight excluding hydrogens is 276 g/mol. The summed E-state index contributed by atoms with van der Waals surface area (Å²) in [7, 11) is -3.73. The molecule has 6 nitrogen and oxygen atoms in total. The van der Waals surface area contributed by atoms with Crippen LogP contribution in [0.15, 0.2) is 4.21 Å². The highest BCUT2D eigenvalue weighted by atomic mass is 32.2. The van der Waals surface area contributed by atoms with Crippen molar-refractivity contribution in [3.8, 4) is 0 Å². The van der Waals surface area contributed by atoms with Crippen LogP contribution in [0.3, 0.4) is 0 Å². The van der Waals surface area contributed by atoms with Crippen LogP contribution < -0.4 is 0 Å². The smallest absolute Gasteiger partial charge is 0.322 e. The molecule has 0 amide bonds. The van der Waals surface area contributed by atoms with E-state index in [1.165, 1.54) is 0 Å². The normalized spacial score (nSPS) is 21.3. The van der Waals surface area contributed by atoms with E-state index in [2.05, 4.69) is 4.98 Å². The number of carboxylic acid groups (broad SMARTS) is 1. The summed E-state index contributed by atoms with van der Waals surface area (Å²) in [4.78, 5) is 15.1. The second-order valence-corrected chi connectivity index (χ2v) is 7.51. The van der Waals surface area contributed by atoms with Crippen LogP contribution >= 0.6 is 11.3 Å². The zero-order valence-electron chi connectivity index (χ0n) is 10.1. The molecule has 0 radical (unpaired) electrons. The number of nitrogens with zero attached hydrogens (tertiary/aromatic N) is 2. The molecule has 1 aliphatic heterocycles. The van der Waals surface area contributed by atoms with E-state index in [0.717, 1.165) is 15.6 Å². The SMILES string of the molecule is Cc1nc(C)c(S(=O)(=O)N2CCC[C@@H]2C(=O)O)s1. The van der Waals surface area contributed by atoms with E-state index in [-0.39, 0.29) is 10.8 Å². The summed E-state index contributed by atoms with van der Waals surface area (Å²) in [6.45, 7) is 3.62. The number of rotatable bonds is 3. The van der Waals surface area contributed by atoms with Crippen LogP contribution in [0.1, 0.15) is 23.5 Å². The Bertz CT molecular complexity index is 579. The van der Waals surface area contributed by atoms with Crippen LogP contribution in [-0.4, -0.2) is 41.4 Å². The number of sulfonamides is 1. The Morgan fingerprint density at radius 3 is 2.67 bits per heavy atom. The second kappa shape index (κ2) is 4.60. The van der Waals surface area contributed by atoms with E-state index >= 15 is 0 Å². The third-order valence-corrected chi connectivity index (χ3v) is 6.46. The zero-order chi connectivity index (χ0) is 13.5. The lowest BCUT2D eigenvalue weighted by atomic mass is 10.2. The van der Waals surface area contributed by atoms with E-state index in [9.17, 15) is 13.2 Å². The maximum absolute atomic E-state index is 12.4. The Morgan fingerprint density at radius 2 is 2.17 bits per heavy atom. The quantitative estimate of drug-likeness (QED) is 0.897. The molecule has 1 fully saturated rings. The molecule has 0 unspecified atom stereocenters. The van der Waals surface area contributed by atoms with E-state index < -0.39 is 22.0 Å². The zero-order valence-corrected chi connectivity index (χ0v) is 11.7. The summed E-state index contributed by atoms with van der Waals surface area (Å²) in [5.74, 6) is -1.09. The van der Waals surface area contributed by atoms with Gasteiger partial charge < -0.3 is 5.11 Å². The fraction of sp³-hybridized carbons (Fsp3) is 0.600. The predicted molar refractivity (Wildman–Crippen MR) is 66.1 cm³/mol. The first kappa shape index (κ1) is 13.4. The van der Waals surface area contributed by atoms with Crippen molar-refractivity contribution in [3.05, 3.63) is 10.7 Å². The van der Waals surface area contributed by atoms with Crippen molar-refractivity contribution in [1.29, 1.82) is 0 Å². The highest BCUT2D eigenvalue weighted by Crippen LogP contribution is 2.31. The number of aryl methyl sites for hydroxylation is 2. The number of thiazole rings is 1. The lowest BCUT2D eigenvalue weighted by Crippen LogP contribution is -2.40. The molecule has 0 aliphatic carbocycles. The van der Waals surface area contributed by atoms with Crippen molar-refractivity contribution in [2.45, 2.75) is 36.9 Å². The molecule has 100 valence electrons. The third kappa shape index (κ3) is 2.15. The molecule has 1 atom stereocenters. The van der Waals surface area contributed by atoms with Gasteiger partial charge in [-0.15, -0.1) is 11.3 Å². The minimum Gasteiger partial charge on any atom is -0.480 e. The lowest BCUT2D eigenvalue weighted by molar-refractivity contribution is -0.140. The van der Waals surface area contributed by atoms with Gasteiger partial charge in [-0.2, -0.15) is 4.31 Å². The predicted octanol–water partition coefficient (Wildman–Crippen LogP) is 0.998. The molecule has 8 heteroatoms. The summed E-state index contributed by atoms with van der Waals surface area (Å²) in [5, 5.41) is 9.71. The first-order chi connectivity index (χ1) is 8.34. The van der Waals surface area contributed by atoms with Crippen molar-refractivity contribution in [2.75, 3.05) is 6.54 Å². The van der Waals surface area contributed by atoms with Gasteiger partial charge >= 0.3 is 5.97 Å². The molecule has 1 saturated heterocycles. The average molecular weight is 290 g/mol. The molecule has 2 rings (SSSR count). The minimum atomic E-state index is -3.73. The first-order valence-electron chi connectivity index (χ1n) is 5.52. The summed E-state index contributed by atoms with van der Waals surface area (Å²) < 4.78 is 26.1. The first-order valence-corrected chi connectivity index (χ1v) is 7.78. The molecular formula is C10H14N2O4S2. The van der Waals surface area contributed by atoms with Crippen LogP contribution in [0.2, 0.25) is 0 Å². The van der Waals surface area contributed by atoms with Gasteiger partial charge in [0, 0.05) is 6.54 Å². The van der Waals surface area contributed by atoms with Gasteiger partial charge in [0.2, 0.25) is 0 Å². The van der Waals surface area contributed by atoms with Crippen LogP contribution in [-0.2, 0) is 14.8 Å². The molecule has 1 aromatic rings. The molecule has 0 aromatic carbocycles. The lowest BCUT2D eigenvalue weighted by Gasteiger charge is -2.20. The van der Waals surface area contributed by atoms with Gasteiger partial charge in [-0.05, 0) is 26.7 Å². The topological polar surface area (TPSA) is 87.6 Å². The summed E-state index contributed by atoms with van der Waals surface area (Å²) >= 11 is 1.09. The number of aliphatic carboxylic acids is 1. The van der Waals surface area contributed by atoms with E-state index in [1.807, 2.05) is 0 Å². The Morgan fingerprint density at radius 1 is 1.50 bits per heavy atom. The van der Waals surface area contributed by atoms with Crippen molar-refractivity contribution in [1.82, 2.24) is 9.29 Å². The Labute approximate surface area is 109 Å². The highest BCUT2D eigenvalue weighted by Gasteiger charge is 2.40. The standard InChI is InChI=1S/C10H14N2O4S2/c1-6-10(17-7(2)11-6)18(15,16)12-5-3-4-8(12)9(13)14/h8H,3-5H2,1-2H3,(H,13,14)/t8-/m1/s1. The van der Waals surface area contributed by atoms with E-state index in [0.29, 0.717) is 23.5 Å². The van der Waals surface area contributed by atoms with Crippen LogP contribution in [0, 0.1) is 13.8 Å². The Hall–Kier alpha value is -0.990. The van der Waals surface area contributed by atoms with Crippen molar-refractivity contribution in [3.63, 3.8) is 0 Å². The molecule has 0 saturated carbocycles. The molecule has 0 bridgehead atoms. The number of carbonyl (C=O) groups is 1. The Balaban J connectivity index is 2.43. The largest absolute Gasteiger partial charge is 0.480 e. The summed E-state index contributed by atoms with van der Waals surface area (Å²) in [6.07, 6.45) is 0.943. The maximum atomic E-state index is 12.4. The number of hydrogen-bond acceptors (Lipinski definition) is 5. The van der Waals surface area contributed by atoms with Crippen LogP contribution in [0.25, 0.3) is 0 Å². The fourth-order valence-electron chi connectivity index (χ4n) is 2.13. The summed E-state index contributed by atoms with van der Waals surface area (Å²) in [5.41, 5.74) is 0.438. The van der Waals surface area contributed by atoms with Gasteiger partial charge in [0.05, 0.1) is 10.7 Å². The Kier molecular flexibility index (Phi) is 3.43. The molecule has 1 aromatic heterocycles. The fourth-order valence-corrected chi connectivity index (χ4v) is 5.38. The van der Waals surface area contributed by atoms with Crippen molar-refractivity contribution < 1.29 is 18.3 Å². The van der Waals surface area contributed by atoms with Gasteiger partial charge in [0.15, 0.2) is 4.21 Å². The number of carboxylic acids is 1. The van der Waals surface area contributed by atoms with Gasteiger partial charge in [-0.25, -0.2) is 13.4 Å². The van der Waals surface area contributed by atoms with Gasteiger partial charge in [-0.3, -0.25) is 4.79 Å². The molecule has 2 heterocycles. The van der Waals surface area contributed by atoms with Crippen molar-refractivity contribution in [2.24, 2.45) is 0 Å². The number of aromatic nitrogens is 1. The third-order valence-electron chi connectivity index (χ3n) is 2.89. The minimum absolute atomic E-state index is 0.160. The van der Waals surface area contributed by atoms with Crippen LogP contribution in [0.5, 0.6) is 0 Å². The van der Waals surface area contributed by atoms with Crippen molar-refractivity contribution >= 4 is 27.3 Å². The van der Waals surface area contributed by atoms with Gasteiger partial charge in [-0.1, -0.05) is 0 Å². The maximum Gasteiger partial charge on any atom is 0.322 e. The number of hydrogen-bond donors (Lipinski definition) is 1. The molecule has 0 spiro atoms. The van der Waals surface area contributed by atoms with E-state index in [4.69, 9.17) is 5.11 Å². The molecule has 1 aliphatic rings. The summed E-state index contributed by atoms with van der Waals surface area (Å²) in [6, 6.07) is -0.947.